The first kappa shape index (κ1) is 13.8. The van der Waals surface area contributed by atoms with E-state index in [4.69, 9.17) is 0 Å². The van der Waals surface area contributed by atoms with Gasteiger partial charge in [0.1, 0.15) is 5.82 Å². The van der Waals surface area contributed by atoms with Crippen molar-refractivity contribution in [1.82, 2.24) is 9.47 Å². The van der Waals surface area contributed by atoms with E-state index in [1.807, 2.05) is 0 Å². The lowest BCUT2D eigenvalue weighted by Gasteiger charge is -2.26. The second kappa shape index (κ2) is 5.31. The molecule has 0 radical (unpaired) electrons. The monoisotopic (exact) mass is 288 g/mol. The van der Waals surface area contributed by atoms with Crippen molar-refractivity contribution in [1.29, 1.82) is 0 Å². The lowest BCUT2D eigenvalue weighted by atomic mass is 10.1. The Hall–Kier alpha value is -2.17. The summed E-state index contributed by atoms with van der Waals surface area (Å²) < 4.78 is 14.9. The number of fused-ring (bicyclic) bond motifs is 1. The molecule has 1 amide bonds. The van der Waals surface area contributed by atoms with Crippen molar-refractivity contribution in [2.75, 3.05) is 13.1 Å². The highest BCUT2D eigenvalue weighted by atomic mass is 19.1. The van der Waals surface area contributed by atoms with Gasteiger partial charge >= 0.3 is 0 Å². The van der Waals surface area contributed by atoms with Gasteiger partial charge in [-0.3, -0.25) is 14.2 Å². The van der Waals surface area contributed by atoms with Crippen LogP contribution >= 0.6 is 0 Å². The SMILES string of the molecule is CC(=O)n1cc(C(=O)N2CCCCC2)c2cc(F)ccc21. The highest BCUT2D eigenvalue weighted by Crippen LogP contribution is 2.25. The normalized spacial score (nSPS) is 15.4. The second-order valence-electron chi connectivity index (χ2n) is 5.45. The van der Waals surface area contributed by atoms with Crippen LogP contribution in [0.25, 0.3) is 10.9 Å². The molecule has 1 aromatic heterocycles. The van der Waals surface area contributed by atoms with E-state index in [9.17, 15) is 14.0 Å². The third-order valence-corrected chi connectivity index (χ3v) is 3.98. The minimum atomic E-state index is -0.406. The lowest BCUT2D eigenvalue weighted by molar-refractivity contribution is 0.0726. The molecule has 3 rings (SSSR count). The number of hydrogen-bond donors (Lipinski definition) is 0. The number of carbonyl (C=O) groups is 2. The van der Waals surface area contributed by atoms with Crippen LogP contribution in [-0.2, 0) is 0 Å². The van der Waals surface area contributed by atoms with E-state index in [-0.39, 0.29) is 11.8 Å². The number of benzene rings is 1. The average Bonchev–Trinajstić information content (AvgIpc) is 2.86. The summed E-state index contributed by atoms with van der Waals surface area (Å²) in [7, 11) is 0. The van der Waals surface area contributed by atoms with Gasteiger partial charge in [-0.05, 0) is 37.5 Å². The van der Waals surface area contributed by atoms with Gasteiger partial charge < -0.3 is 4.90 Å². The number of halogens is 1. The predicted molar refractivity (Wildman–Crippen MR) is 78.0 cm³/mol. The van der Waals surface area contributed by atoms with Gasteiger partial charge in [-0.15, -0.1) is 0 Å². The Morgan fingerprint density at radius 3 is 2.52 bits per heavy atom. The summed E-state index contributed by atoms with van der Waals surface area (Å²) >= 11 is 0. The molecule has 110 valence electrons. The fourth-order valence-electron chi connectivity index (χ4n) is 2.90. The Morgan fingerprint density at radius 2 is 1.86 bits per heavy atom. The molecule has 1 fully saturated rings. The first-order chi connectivity index (χ1) is 10.1. The summed E-state index contributed by atoms with van der Waals surface area (Å²) in [6.07, 6.45) is 4.65. The van der Waals surface area contributed by atoms with Crippen LogP contribution in [-0.4, -0.2) is 34.4 Å². The van der Waals surface area contributed by atoms with Crippen LogP contribution in [0.1, 0.15) is 41.3 Å². The van der Waals surface area contributed by atoms with Crippen molar-refractivity contribution in [3.05, 3.63) is 35.8 Å². The molecule has 4 nitrogen and oxygen atoms in total. The number of nitrogens with zero attached hydrogens (tertiary/aromatic N) is 2. The number of amides is 1. The zero-order valence-electron chi connectivity index (χ0n) is 11.9. The van der Waals surface area contributed by atoms with Crippen LogP contribution in [0.15, 0.2) is 24.4 Å². The van der Waals surface area contributed by atoms with E-state index in [1.165, 1.54) is 29.8 Å². The third kappa shape index (κ3) is 2.44. The van der Waals surface area contributed by atoms with Gasteiger partial charge in [0.2, 0.25) is 5.91 Å². The fraction of sp³-hybridized carbons (Fsp3) is 0.375. The highest BCUT2D eigenvalue weighted by Gasteiger charge is 2.23. The molecule has 0 N–H and O–H groups in total. The number of hydrogen-bond acceptors (Lipinski definition) is 2. The maximum Gasteiger partial charge on any atom is 0.256 e. The smallest absolute Gasteiger partial charge is 0.256 e. The van der Waals surface area contributed by atoms with Crippen LogP contribution in [0.5, 0.6) is 0 Å². The van der Waals surface area contributed by atoms with Gasteiger partial charge in [-0.25, -0.2) is 4.39 Å². The maximum absolute atomic E-state index is 13.5. The summed E-state index contributed by atoms with van der Waals surface area (Å²) in [4.78, 5) is 26.1. The summed E-state index contributed by atoms with van der Waals surface area (Å²) in [5.41, 5.74) is 0.978. The highest BCUT2D eigenvalue weighted by molar-refractivity contribution is 6.09. The molecular weight excluding hydrogens is 271 g/mol. The number of aromatic nitrogens is 1. The topological polar surface area (TPSA) is 42.3 Å². The van der Waals surface area contributed by atoms with E-state index < -0.39 is 5.82 Å². The van der Waals surface area contributed by atoms with Crippen molar-refractivity contribution in [2.24, 2.45) is 0 Å². The summed E-state index contributed by atoms with van der Waals surface area (Å²) in [5, 5.41) is 0.501. The quantitative estimate of drug-likeness (QED) is 0.809. The van der Waals surface area contributed by atoms with Crippen molar-refractivity contribution >= 4 is 22.7 Å². The average molecular weight is 288 g/mol. The van der Waals surface area contributed by atoms with Gasteiger partial charge in [-0.1, -0.05) is 0 Å². The number of carbonyl (C=O) groups excluding carboxylic acids is 2. The molecule has 21 heavy (non-hydrogen) atoms. The minimum absolute atomic E-state index is 0.120. The van der Waals surface area contributed by atoms with E-state index in [2.05, 4.69) is 0 Å². The molecule has 0 spiro atoms. The van der Waals surface area contributed by atoms with Gasteiger partial charge in [0.05, 0.1) is 11.1 Å². The summed E-state index contributed by atoms with van der Waals surface area (Å²) in [6.45, 7) is 2.87. The van der Waals surface area contributed by atoms with Crippen LogP contribution in [0.2, 0.25) is 0 Å². The minimum Gasteiger partial charge on any atom is -0.339 e. The van der Waals surface area contributed by atoms with E-state index in [0.717, 1.165) is 32.4 Å². The fourth-order valence-corrected chi connectivity index (χ4v) is 2.90. The van der Waals surface area contributed by atoms with Crippen LogP contribution in [0.3, 0.4) is 0 Å². The van der Waals surface area contributed by atoms with Gasteiger partial charge in [0.25, 0.3) is 5.91 Å². The van der Waals surface area contributed by atoms with Crippen LogP contribution < -0.4 is 0 Å². The predicted octanol–water partition coefficient (Wildman–Crippen LogP) is 3.07. The molecule has 2 aromatic rings. The molecule has 0 saturated carbocycles. The Balaban J connectivity index is 2.10. The second-order valence-corrected chi connectivity index (χ2v) is 5.45. The molecular formula is C16H17FN2O2. The van der Waals surface area contributed by atoms with Crippen LogP contribution in [0.4, 0.5) is 4.39 Å². The van der Waals surface area contributed by atoms with Crippen molar-refractivity contribution in [3.63, 3.8) is 0 Å². The first-order valence-corrected chi connectivity index (χ1v) is 7.19. The molecule has 5 heteroatoms. The summed E-state index contributed by atoms with van der Waals surface area (Å²) in [5.74, 6) is -0.717. The Kier molecular flexibility index (Phi) is 3.49. The Bertz CT molecular complexity index is 714. The van der Waals surface area contributed by atoms with Gasteiger partial charge in [-0.2, -0.15) is 0 Å². The molecule has 2 heterocycles. The number of rotatable bonds is 1. The van der Waals surface area contributed by atoms with E-state index in [0.29, 0.717) is 16.5 Å². The zero-order chi connectivity index (χ0) is 15.0. The van der Waals surface area contributed by atoms with Crippen LogP contribution in [0, 0.1) is 5.82 Å². The van der Waals surface area contributed by atoms with E-state index in [1.54, 1.807) is 11.0 Å². The zero-order valence-corrected chi connectivity index (χ0v) is 11.9. The molecule has 0 bridgehead atoms. The molecule has 0 aliphatic carbocycles. The Morgan fingerprint density at radius 1 is 1.14 bits per heavy atom. The standard InChI is InChI=1S/C16H17FN2O2/c1-11(20)19-10-14(13-9-12(17)5-6-15(13)19)16(21)18-7-3-2-4-8-18/h5-6,9-10H,2-4,7-8H2,1H3. The number of piperidine rings is 1. The van der Waals surface area contributed by atoms with Crippen molar-refractivity contribution < 1.29 is 14.0 Å². The van der Waals surface area contributed by atoms with E-state index >= 15 is 0 Å². The first-order valence-electron chi connectivity index (χ1n) is 7.19. The lowest BCUT2D eigenvalue weighted by Crippen LogP contribution is -2.35. The molecule has 1 aliphatic heterocycles. The molecule has 0 atom stereocenters. The molecule has 1 aliphatic rings. The van der Waals surface area contributed by atoms with Crippen molar-refractivity contribution in [3.8, 4) is 0 Å². The number of likely N-dealkylation sites (tertiary alicyclic amines) is 1. The molecule has 1 aromatic carbocycles. The van der Waals surface area contributed by atoms with Crippen molar-refractivity contribution in [2.45, 2.75) is 26.2 Å². The third-order valence-electron chi connectivity index (χ3n) is 3.98. The van der Waals surface area contributed by atoms with Gasteiger partial charge in [0, 0.05) is 31.6 Å². The largest absolute Gasteiger partial charge is 0.339 e. The van der Waals surface area contributed by atoms with Gasteiger partial charge in [0.15, 0.2) is 0 Å². The molecule has 1 saturated heterocycles. The Labute approximate surface area is 122 Å². The molecule has 0 unspecified atom stereocenters. The summed E-state index contributed by atoms with van der Waals surface area (Å²) in [6, 6.07) is 4.17. The maximum atomic E-state index is 13.5.